The molecule has 262 valence electrons. The van der Waals surface area contributed by atoms with Gasteiger partial charge in [-0.25, -0.2) is 15.0 Å². The van der Waals surface area contributed by atoms with E-state index in [1.54, 1.807) is 0 Å². The van der Waals surface area contributed by atoms with Gasteiger partial charge in [-0.2, -0.15) is 0 Å². The molecular formula is C51H31N3OS. The number of benzene rings is 8. The Morgan fingerprint density at radius 1 is 0.339 bits per heavy atom. The Morgan fingerprint density at radius 2 is 0.857 bits per heavy atom. The molecule has 11 rings (SSSR count). The van der Waals surface area contributed by atoms with Crippen LogP contribution in [0.15, 0.2) is 192 Å². The Labute approximate surface area is 327 Å². The van der Waals surface area contributed by atoms with Crippen LogP contribution in [0.2, 0.25) is 0 Å². The predicted octanol–water partition coefficient (Wildman–Crippen LogP) is 14.1. The Morgan fingerprint density at radius 3 is 1.59 bits per heavy atom. The number of furan rings is 1. The Hall–Kier alpha value is -7.21. The van der Waals surface area contributed by atoms with Gasteiger partial charge in [-0.05, 0) is 57.6 Å². The molecule has 0 radical (unpaired) electrons. The van der Waals surface area contributed by atoms with E-state index in [2.05, 4.69) is 140 Å². The number of thiophene rings is 1. The maximum Gasteiger partial charge on any atom is 0.164 e. The quantitative estimate of drug-likeness (QED) is 0.171. The Kier molecular flexibility index (Phi) is 7.64. The van der Waals surface area contributed by atoms with Crippen molar-refractivity contribution in [3.8, 4) is 67.5 Å². The van der Waals surface area contributed by atoms with Gasteiger partial charge >= 0.3 is 0 Å². The molecule has 0 aliphatic carbocycles. The second kappa shape index (κ2) is 13.3. The van der Waals surface area contributed by atoms with Crippen LogP contribution in [-0.4, -0.2) is 15.0 Å². The molecule has 0 unspecified atom stereocenters. The zero-order valence-corrected chi connectivity index (χ0v) is 30.9. The van der Waals surface area contributed by atoms with E-state index < -0.39 is 0 Å². The fourth-order valence-corrected chi connectivity index (χ4v) is 9.05. The third kappa shape index (κ3) is 5.56. The van der Waals surface area contributed by atoms with Crippen LogP contribution < -0.4 is 0 Å². The van der Waals surface area contributed by atoms with E-state index in [1.165, 1.54) is 31.3 Å². The predicted molar refractivity (Wildman–Crippen MR) is 233 cm³/mol. The highest BCUT2D eigenvalue weighted by Gasteiger charge is 2.19. The molecule has 3 heterocycles. The van der Waals surface area contributed by atoms with Crippen molar-refractivity contribution in [2.24, 2.45) is 0 Å². The summed E-state index contributed by atoms with van der Waals surface area (Å²) in [6.45, 7) is 0. The van der Waals surface area contributed by atoms with Gasteiger partial charge in [0.25, 0.3) is 0 Å². The first kappa shape index (κ1) is 32.2. The third-order valence-corrected chi connectivity index (χ3v) is 11.8. The van der Waals surface area contributed by atoms with Crippen molar-refractivity contribution >= 4 is 53.4 Å². The normalized spacial score (nSPS) is 11.6. The molecule has 3 aromatic heterocycles. The number of rotatable bonds is 6. The summed E-state index contributed by atoms with van der Waals surface area (Å²) < 4.78 is 9.17. The molecule has 0 saturated heterocycles. The summed E-state index contributed by atoms with van der Waals surface area (Å²) in [5.41, 5.74) is 11.2. The van der Waals surface area contributed by atoms with Gasteiger partial charge in [0.1, 0.15) is 11.2 Å². The standard InChI is InChI=1S/C51H31N3OS/c1-3-12-32(13-4-1)33-22-28-37(29-23-33)50-52-49(36-14-5-2-6-15-36)53-51(54-50)38-30-43(47-42-17-7-9-20-44(42)55-45(47)31-38)35-26-24-34(25-27-35)39-18-11-19-41-40-16-8-10-21-46(40)56-48(39)41/h1-31H. The fraction of sp³-hybridized carbons (Fsp3) is 0. The van der Waals surface area contributed by atoms with Gasteiger partial charge < -0.3 is 4.42 Å². The average Bonchev–Trinajstić information content (AvgIpc) is 3.85. The van der Waals surface area contributed by atoms with E-state index in [9.17, 15) is 0 Å². The second-order valence-corrected chi connectivity index (χ2v) is 15.0. The Balaban J connectivity index is 1.07. The minimum atomic E-state index is 0.581. The molecule has 4 nitrogen and oxygen atoms in total. The fourth-order valence-electron chi connectivity index (χ4n) is 7.81. The first-order valence-electron chi connectivity index (χ1n) is 18.7. The molecular weight excluding hydrogens is 703 g/mol. The van der Waals surface area contributed by atoms with Gasteiger partial charge in [-0.1, -0.05) is 164 Å². The molecule has 0 atom stereocenters. The van der Waals surface area contributed by atoms with Gasteiger partial charge in [-0.15, -0.1) is 11.3 Å². The number of fused-ring (bicyclic) bond motifs is 6. The van der Waals surface area contributed by atoms with Crippen LogP contribution in [0, 0.1) is 0 Å². The lowest BCUT2D eigenvalue weighted by Gasteiger charge is -2.12. The third-order valence-electron chi connectivity index (χ3n) is 10.6. The van der Waals surface area contributed by atoms with Crippen LogP contribution in [0.1, 0.15) is 0 Å². The van der Waals surface area contributed by atoms with Gasteiger partial charge in [0, 0.05) is 47.6 Å². The van der Waals surface area contributed by atoms with Crippen molar-refractivity contribution in [1.29, 1.82) is 0 Å². The van der Waals surface area contributed by atoms with E-state index in [0.29, 0.717) is 17.5 Å². The lowest BCUT2D eigenvalue weighted by atomic mass is 9.94. The van der Waals surface area contributed by atoms with Gasteiger partial charge in [0.15, 0.2) is 17.5 Å². The molecule has 0 fully saturated rings. The minimum Gasteiger partial charge on any atom is -0.456 e. The molecule has 0 bridgehead atoms. The van der Waals surface area contributed by atoms with Crippen molar-refractivity contribution < 1.29 is 4.42 Å². The first-order valence-corrected chi connectivity index (χ1v) is 19.5. The molecule has 0 amide bonds. The zero-order valence-electron chi connectivity index (χ0n) is 30.1. The van der Waals surface area contributed by atoms with Crippen LogP contribution in [0.25, 0.3) is 110 Å². The maximum atomic E-state index is 6.56. The van der Waals surface area contributed by atoms with E-state index in [4.69, 9.17) is 19.4 Å². The first-order chi connectivity index (χ1) is 27.7. The SMILES string of the molecule is c1ccc(-c2ccc(-c3nc(-c4ccccc4)nc(-c4cc(-c5ccc(-c6cccc7c6sc6ccccc67)cc5)c5c(c4)oc4ccccc45)n3)cc2)cc1. The summed E-state index contributed by atoms with van der Waals surface area (Å²) in [4.78, 5) is 15.2. The molecule has 8 aromatic carbocycles. The van der Waals surface area contributed by atoms with Crippen LogP contribution in [-0.2, 0) is 0 Å². The molecule has 0 aliphatic rings. The van der Waals surface area contributed by atoms with Crippen LogP contribution in [0.3, 0.4) is 0 Å². The summed E-state index contributed by atoms with van der Waals surface area (Å²) in [7, 11) is 0. The highest BCUT2D eigenvalue weighted by atomic mass is 32.1. The highest BCUT2D eigenvalue weighted by molar-refractivity contribution is 7.26. The van der Waals surface area contributed by atoms with Crippen LogP contribution in [0.4, 0.5) is 0 Å². The number of nitrogens with zero attached hydrogens (tertiary/aromatic N) is 3. The summed E-state index contributed by atoms with van der Waals surface area (Å²) in [5, 5.41) is 4.74. The minimum absolute atomic E-state index is 0.581. The molecule has 56 heavy (non-hydrogen) atoms. The lowest BCUT2D eigenvalue weighted by molar-refractivity contribution is 0.669. The van der Waals surface area contributed by atoms with Crippen molar-refractivity contribution in [3.63, 3.8) is 0 Å². The molecule has 11 aromatic rings. The van der Waals surface area contributed by atoms with E-state index in [0.717, 1.165) is 60.9 Å². The Bertz CT molecular complexity index is 3220. The number of para-hydroxylation sites is 1. The van der Waals surface area contributed by atoms with Gasteiger partial charge in [0.2, 0.25) is 0 Å². The number of aromatic nitrogens is 3. The average molecular weight is 734 g/mol. The van der Waals surface area contributed by atoms with E-state index >= 15 is 0 Å². The molecule has 0 spiro atoms. The topological polar surface area (TPSA) is 51.8 Å². The van der Waals surface area contributed by atoms with Gasteiger partial charge in [0.05, 0.1) is 0 Å². The van der Waals surface area contributed by atoms with Crippen LogP contribution >= 0.6 is 11.3 Å². The smallest absolute Gasteiger partial charge is 0.164 e. The monoisotopic (exact) mass is 733 g/mol. The summed E-state index contributed by atoms with van der Waals surface area (Å²) in [5.74, 6) is 1.81. The summed E-state index contributed by atoms with van der Waals surface area (Å²) in [6.07, 6.45) is 0. The molecule has 0 aliphatic heterocycles. The zero-order chi connectivity index (χ0) is 37.0. The second-order valence-electron chi connectivity index (χ2n) is 14.0. The lowest BCUT2D eigenvalue weighted by Crippen LogP contribution is -2.00. The van der Waals surface area contributed by atoms with Crippen molar-refractivity contribution in [3.05, 3.63) is 188 Å². The highest BCUT2D eigenvalue weighted by Crippen LogP contribution is 2.43. The van der Waals surface area contributed by atoms with Crippen molar-refractivity contribution in [1.82, 2.24) is 15.0 Å². The van der Waals surface area contributed by atoms with Crippen LogP contribution in [0.5, 0.6) is 0 Å². The molecule has 0 N–H and O–H groups in total. The van der Waals surface area contributed by atoms with E-state index in [1.807, 2.05) is 59.9 Å². The molecule has 0 saturated carbocycles. The largest absolute Gasteiger partial charge is 0.456 e. The number of hydrogen-bond donors (Lipinski definition) is 0. The van der Waals surface area contributed by atoms with Gasteiger partial charge in [-0.3, -0.25) is 0 Å². The summed E-state index contributed by atoms with van der Waals surface area (Å²) in [6, 6.07) is 65.7. The van der Waals surface area contributed by atoms with Crippen molar-refractivity contribution in [2.75, 3.05) is 0 Å². The summed E-state index contributed by atoms with van der Waals surface area (Å²) >= 11 is 1.85. The maximum absolute atomic E-state index is 6.56. The molecule has 5 heteroatoms. The van der Waals surface area contributed by atoms with E-state index in [-0.39, 0.29) is 0 Å². The van der Waals surface area contributed by atoms with Crippen molar-refractivity contribution in [2.45, 2.75) is 0 Å². The number of hydrogen-bond acceptors (Lipinski definition) is 5.